The standard InChI is InChI=1S/C21H18/c1-17-9-5-7-13-20(17)21-14-8-6-12-19(21)16-15-18-10-3-2-4-11-18/h2-16H,1H3. The molecule has 0 saturated heterocycles. The molecule has 0 bridgehead atoms. The van der Waals surface area contributed by atoms with E-state index in [-0.39, 0.29) is 0 Å². The van der Waals surface area contributed by atoms with Crippen LogP contribution in [-0.4, -0.2) is 0 Å². The summed E-state index contributed by atoms with van der Waals surface area (Å²) in [5.74, 6) is 0. The molecule has 0 aromatic heterocycles. The average Bonchev–Trinajstić information content (AvgIpc) is 2.55. The van der Waals surface area contributed by atoms with Gasteiger partial charge in [-0.05, 0) is 34.7 Å². The molecule has 0 amide bonds. The maximum Gasteiger partial charge on any atom is -0.0109 e. The van der Waals surface area contributed by atoms with Crippen molar-refractivity contribution >= 4 is 12.2 Å². The monoisotopic (exact) mass is 270 g/mol. The molecule has 3 rings (SSSR count). The Morgan fingerprint density at radius 3 is 1.95 bits per heavy atom. The van der Waals surface area contributed by atoms with E-state index in [0.29, 0.717) is 0 Å². The molecule has 3 aromatic rings. The number of hydrogen-bond donors (Lipinski definition) is 0. The number of rotatable bonds is 3. The van der Waals surface area contributed by atoms with Gasteiger partial charge in [0, 0.05) is 0 Å². The molecule has 0 aliphatic carbocycles. The number of hydrogen-bond acceptors (Lipinski definition) is 0. The highest BCUT2D eigenvalue weighted by Crippen LogP contribution is 2.27. The summed E-state index contributed by atoms with van der Waals surface area (Å²) in [6, 6.07) is 27.5. The van der Waals surface area contributed by atoms with Gasteiger partial charge >= 0.3 is 0 Å². The zero-order valence-electron chi connectivity index (χ0n) is 12.2. The maximum atomic E-state index is 2.19. The summed E-state index contributed by atoms with van der Waals surface area (Å²) in [6.45, 7) is 2.16. The molecule has 0 unspecified atom stereocenters. The fourth-order valence-corrected chi connectivity index (χ4v) is 2.51. The van der Waals surface area contributed by atoms with Crippen LogP contribution in [0.2, 0.25) is 0 Å². The molecule has 0 aliphatic heterocycles. The third-order valence-corrected chi connectivity index (χ3v) is 3.65. The molecule has 0 radical (unpaired) electrons. The van der Waals surface area contributed by atoms with Crippen LogP contribution in [0.4, 0.5) is 0 Å². The van der Waals surface area contributed by atoms with Crippen LogP contribution in [0.25, 0.3) is 23.3 Å². The summed E-state index contributed by atoms with van der Waals surface area (Å²) < 4.78 is 0. The lowest BCUT2D eigenvalue weighted by atomic mass is 9.95. The molecule has 21 heavy (non-hydrogen) atoms. The Kier molecular flexibility index (Phi) is 3.97. The predicted molar refractivity (Wildman–Crippen MR) is 92.0 cm³/mol. The summed E-state index contributed by atoms with van der Waals surface area (Å²) >= 11 is 0. The van der Waals surface area contributed by atoms with Crippen LogP contribution in [-0.2, 0) is 0 Å². The van der Waals surface area contributed by atoms with Crippen molar-refractivity contribution in [3.05, 3.63) is 95.6 Å². The molecule has 0 saturated carbocycles. The Morgan fingerprint density at radius 2 is 1.19 bits per heavy atom. The average molecular weight is 270 g/mol. The van der Waals surface area contributed by atoms with E-state index >= 15 is 0 Å². The van der Waals surface area contributed by atoms with E-state index in [4.69, 9.17) is 0 Å². The van der Waals surface area contributed by atoms with Crippen molar-refractivity contribution < 1.29 is 0 Å². The van der Waals surface area contributed by atoms with Crippen LogP contribution in [0.15, 0.2) is 78.9 Å². The summed E-state index contributed by atoms with van der Waals surface area (Å²) in [4.78, 5) is 0. The summed E-state index contributed by atoms with van der Waals surface area (Å²) in [7, 11) is 0. The van der Waals surface area contributed by atoms with E-state index in [0.717, 1.165) is 0 Å². The van der Waals surface area contributed by atoms with Crippen LogP contribution in [0, 0.1) is 6.92 Å². The first-order valence-corrected chi connectivity index (χ1v) is 7.23. The summed E-state index contributed by atoms with van der Waals surface area (Å²) in [5, 5.41) is 0. The molecule has 0 N–H and O–H groups in total. The molecular weight excluding hydrogens is 252 g/mol. The second kappa shape index (κ2) is 6.23. The van der Waals surface area contributed by atoms with Crippen LogP contribution in [0.5, 0.6) is 0 Å². The molecule has 0 atom stereocenters. The highest BCUT2D eigenvalue weighted by molar-refractivity contribution is 5.82. The van der Waals surface area contributed by atoms with E-state index in [2.05, 4.69) is 91.9 Å². The van der Waals surface area contributed by atoms with Gasteiger partial charge < -0.3 is 0 Å². The fraction of sp³-hybridized carbons (Fsp3) is 0.0476. The van der Waals surface area contributed by atoms with Gasteiger partial charge in [0.05, 0.1) is 0 Å². The van der Waals surface area contributed by atoms with Gasteiger partial charge in [0.1, 0.15) is 0 Å². The van der Waals surface area contributed by atoms with Crippen molar-refractivity contribution in [1.29, 1.82) is 0 Å². The van der Waals surface area contributed by atoms with Gasteiger partial charge in [-0.15, -0.1) is 0 Å². The Hall–Kier alpha value is -2.60. The molecule has 0 heterocycles. The second-order valence-corrected chi connectivity index (χ2v) is 5.15. The van der Waals surface area contributed by atoms with E-state index < -0.39 is 0 Å². The minimum Gasteiger partial charge on any atom is -0.0622 e. The van der Waals surface area contributed by atoms with Crippen LogP contribution in [0.3, 0.4) is 0 Å². The quantitative estimate of drug-likeness (QED) is 0.525. The Balaban J connectivity index is 2.01. The Labute approximate surface area is 126 Å². The third kappa shape index (κ3) is 3.11. The van der Waals surface area contributed by atoms with Gasteiger partial charge in [0.15, 0.2) is 0 Å². The van der Waals surface area contributed by atoms with Crippen LogP contribution < -0.4 is 0 Å². The first-order valence-electron chi connectivity index (χ1n) is 7.23. The topological polar surface area (TPSA) is 0 Å². The third-order valence-electron chi connectivity index (χ3n) is 3.65. The van der Waals surface area contributed by atoms with Crippen LogP contribution in [0.1, 0.15) is 16.7 Å². The normalized spacial score (nSPS) is 10.9. The van der Waals surface area contributed by atoms with Gasteiger partial charge in [-0.2, -0.15) is 0 Å². The van der Waals surface area contributed by atoms with Crippen molar-refractivity contribution in [3.63, 3.8) is 0 Å². The highest BCUT2D eigenvalue weighted by atomic mass is 14.1. The van der Waals surface area contributed by atoms with Gasteiger partial charge in [0.25, 0.3) is 0 Å². The molecular formula is C21H18. The minimum absolute atomic E-state index is 1.22. The largest absolute Gasteiger partial charge is 0.0622 e. The van der Waals surface area contributed by atoms with Crippen molar-refractivity contribution in [2.24, 2.45) is 0 Å². The van der Waals surface area contributed by atoms with Gasteiger partial charge in [0.2, 0.25) is 0 Å². The lowest BCUT2D eigenvalue weighted by Crippen LogP contribution is -1.86. The first-order chi connectivity index (χ1) is 10.3. The van der Waals surface area contributed by atoms with E-state index in [1.54, 1.807) is 0 Å². The smallest absolute Gasteiger partial charge is 0.0109 e. The minimum atomic E-state index is 1.22. The van der Waals surface area contributed by atoms with Crippen molar-refractivity contribution in [2.45, 2.75) is 6.92 Å². The Bertz CT molecular complexity index is 752. The predicted octanol–water partition coefficient (Wildman–Crippen LogP) is 5.83. The number of benzene rings is 3. The summed E-state index contributed by atoms with van der Waals surface area (Å²) in [5.41, 5.74) is 6.35. The molecule has 102 valence electrons. The molecule has 0 fully saturated rings. The molecule has 0 heteroatoms. The van der Waals surface area contributed by atoms with Crippen molar-refractivity contribution in [2.75, 3.05) is 0 Å². The van der Waals surface area contributed by atoms with Crippen LogP contribution >= 0.6 is 0 Å². The lowest BCUT2D eigenvalue weighted by molar-refractivity contribution is 1.45. The zero-order chi connectivity index (χ0) is 14.5. The molecule has 0 nitrogen and oxygen atoms in total. The molecule has 3 aromatic carbocycles. The molecule has 0 spiro atoms. The van der Waals surface area contributed by atoms with Gasteiger partial charge in [-0.1, -0.05) is 91.0 Å². The highest BCUT2D eigenvalue weighted by Gasteiger charge is 2.04. The molecule has 0 aliphatic rings. The second-order valence-electron chi connectivity index (χ2n) is 5.15. The lowest BCUT2D eigenvalue weighted by Gasteiger charge is -2.09. The van der Waals surface area contributed by atoms with E-state index in [1.807, 2.05) is 6.07 Å². The van der Waals surface area contributed by atoms with Gasteiger partial charge in [-0.25, -0.2) is 0 Å². The first kappa shape index (κ1) is 13.4. The Morgan fingerprint density at radius 1 is 0.571 bits per heavy atom. The zero-order valence-corrected chi connectivity index (χ0v) is 12.2. The van der Waals surface area contributed by atoms with Crippen molar-refractivity contribution in [1.82, 2.24) is 0 Å². The SMILES string of the molecule is Cc1ccccc1-c1ccccc1C=Cc1ccccc1. The number of aryl methyl sites for hydroxylation is 1. The van der Waals surface area contributed by atoms with Gasteiger partial charge in [-0.3, -0.25) is 0 Å². The summed E-state index contributed by atoms with van der Waals surface area (Å²) in [6.07, 6.45) is 4.36. The van der Waals surface area contributed by atoms with E-state index in [1.165, 1.54) is 27.8 Å². The van der Waals surface area contributed by atoms with Crippen molar-refractivity contribution in [3.8, 4) is 11.1 Å². The van der Waals surface area contributed by atoms with E-state index in [9.17, 15) is 0 Å². The fourth-order valence-electron chi connectivity index (χ4n) is 2.51. The maximum absolute atomic E-state index is 2.19.